The van der Waals surface area contributed by atoms with Crippen molar-refractivity contribution in [3.63, 3.8) is 0 Å². The van der Waals surface area contributed by atoms with E-state index in [1.165, 1.54) is 6.07 Å². The summed E-state index contributed by atoms with van der Waals surface area (Å²) in [6.45, 7) is 10.7. The van der Waals surface area contributed by atoms with Crippen LogP contribution in [0.15, 0.2) is 30.3 Å². The zero-order valence-electron chi connectivity index (χ0n) is 20.8. The molecule has 2 heterocycles. The maximum absolute atomic E-state index is 13.5. The Hall–Kier alpha value is -2.90. The summed E-state index contributed by atoms with van der Waals surface area (Å²) in [4.78, 5) is 21.0. The Morgan fingerprint density at radius 2 is 2.00 bits per heavy atom. The molecule has 0 aliphatic carbocycles. The number of methoxy groups -OCH3 is 1. The van der Waals surface area contributed by atoms with Crippen LogP contribution in [0.3, 0.4) is 0 Å². The lowest BCUT2D eigenvalue weighted by molar-refractivity contribution is 0.0413. The van der Waals surface area contributed by atoms with Crippen LogP contribution in [0.25, 0.3) is 10.9 Å². The Bertz CT molecular complexity index is 1180. The number of amides is 1. The number of nitrogens with zero attached hydrogens (tertiary/aromatic N) is 2. The number of anilines is 1. The van der Waals surface area contributed by atoms with Crippen LogP contribution in [0.5, 0.6) is 0 Å². The first-order valence-electron chi connectivity index (χ1n) is 11.9. The fourth-order valence-electron chi connectivity index (χ4n) is 4.68. The first kappa shape index (κ1) is 24.2. The number of likely N-dealkylation sites (N-methyl/N-ethyl adjacent to an activating group) is 1. The molecular formula is C27H35FN4O2. The van der Waals surface area contributed by atoms with Crippen LogP contribution in [-0.4, -0.2) is 67.6 Å². The van der Waals surface area contributed by atoms with Crippen molar-refractivity contribution in [1.82, 2.24) is 14.8 Å². The van der Waals surface area contributed by atoms with Gasteiger partial charge in [0.15, 0.2) is 0 Å². The van der Waals surface area contributed by atoms with E-state index in [4.69, 9.17) is 4.74 Å². The third kappa shape index (κ3) is 5.10. The number of benzene rings is 2. The van der Waals surface area contributed by atoms with Gasteiger partial charge in [-0.15, -0.1) is 0 Å². The molecule has 0 bridgehead atoms. The molecule has 4 rings (SSSR count). The van der Waals surface area contributed by atoms with Gasteiger partial charge in [-0.1, -0.05) is 6.07 Å². The Labute approximate surface area is 201 Å². The largest absolute Gasteiger partial charge is 0.383 e. The number of nitrogens with one attached hydrogen (secondary N) is 2. The van der Waals surface area contributed by atoms with Crippen molar-refractivity contribution in [2.45, 2.75) is 27.3 Å². The van der Waals surface area contributed by atoms with E-state index in [0.717, 1.165) is 65.2 Å². The molecule has 2 aromatic carbocycles. The fourth-order valence-corrected chi connectivity index (χ4v) is 4.68. The molecule has 0 atom stereocenters. The maximum Gasteiger partial charge on any atom is 0.253 e. The van der Waals surface area contributed by atoms with E-state index in [0.29, 0.717) is 24.6 Å². The standard InChI is InChI=1S/C27H35FN4O2/c1-17-10-23(28)7-6-21(17)13-29-25-12-22(11-24-18(2)19(3)30-26(24)25)27(33)32-15-20(16-32)14-31(4)8-9-34-5/h6-7,10-12,20,29-30H,8-9,13-16H2,1-5H3. The summed E-state index contributed by atoms with van der Waals surface area (Å²) in [6, 6.07) is 8.77. The van der Waals surface area contributed by atoms with Crippen molar-refractivity contribution >= 4 is 22.5 Å². The molecular weight excluding hydrogens is 431 g/mol. The van der Waals surface area contributed by atoms with Crippen molar-refractivity contribution in [2.75, 3.05) is 52.3 Å². The molecule has 1 saturated heterocycles. The van der Waals surface area contributed by atoms with Crippen molar-refractivity contribution in [3.8, 4) is 0 Å². The number of carbonyl (C=O) groups is 1. The Morgan fingerprint density at radius 1 is 1.24 bits per heavy atom. The average Bonchev–Trinajstić information content (AvgIpc) is 3.07. The highest BCUT2D eigenvalue weighted by Gasteiger charge is 2.32. The molecule has 0 radical (unpaired) electrons. The zero-order valence-corrected chi connectivity index (χ0v) is 20.8. The number of carbonyl (C=O) groups excluding carboxylic acids is 1. The monoisotopic (exact) mass is 466 g/mol. The van der Waals surface area contributed by atoms with Gasteiger partial charge in [-0.2, -0.15) is 0 Å². The number of ether oxygens (including phenoxy) is 1. The van der Waals surface area contributed by atoms with E-state index in [9.17, 15) is 9.18 Å². The number of likely N-dealkylation sites (tertiary alicyclic amines) is 1. The summed E-state index contributed by atoms with van der Waals surface area (Å²) >= 11 is 0. The summed E-state index contributed by atoms with van der Waals surface area (Å²) in [5, 5.41) is 4.54. The smallest absolute Gasteiger partial charge is 0.253 e. The molecule has 0 unspecified atom stereocenters. The molecule has 6 nitrogen and oxygen atoms in total. The quantitative estimate of drug-likeness (QED) is 0.488. The molecule has 182 valence electrons. The fraction of sp³-hybridized carbons (Fsp3) is 0.444. The number of hydrogen-bond donors (Lipinski definition) is 2. The lowest BCUT2D eigenvalue weighted by atomic mass is 9.97. The van der Waals surface area contributed by atoms with Crippen molar-refractivity contribution < 1.29 is 13.9 Å². The van der Waals surface area contributed by atoms with Gasteiger partial charge in [0, 0.05) is 62.4 Å². The van der Waals surface area contributed by atoms with Gasteiger partial charge in [-0.05, 0) is 68.8 Å². The summed E-state index contributed by atoms with van der Waals surface area (Å²) in [6.07, 6.45) is 0. The number of hydrogen-bond acceptors (Lipinski definition) is 4. The maximum atomic E-state index is 13.5. The van der Waals surface area contributed by atoms with Gasteiger partial charge in [-0.25, -0.2) is 4.39 Å². The highest BCUT2D eigenvalue weighted by Crippen LogP contribution is 2.31. The summed E-state index contributed by atoms with van der Waals surface area (Å²) in [7, 11) is 3.81. The SMILES string of the molecule is COCCN(C)CC1CN(C(=O)c2cc(NCc3ccc(F)cc3C)c3[nH]c(C)c(C)c3c2)C1. The highest BCUT2D eigenvalue weighted by atomic mass is 19.1. The molecule has 2 N–H and O–H groups in total. The molecule has 1 fully saturated rings. The predicted molar refractivity (Wildman–Crippen MR) is 135 cm³/mol. The minimum atomic E-state index is -0.232. The molecule has 1 aromatic heterocycles. The highest BCUT2D eigenvalue weighted by molar-refractivity contribution is 6.04. The van der Waals surface area contributed by atoms with Gasteiger partial charge in [-0.3, -0.25) is 4.79 Å². The summed E-state index contributed by atoms with van der Waals surface area (Å²) < 4.78 is 18.6. The van der Waals surface area contributed by atoms with E-state index in [2.05, 4.69) is 29.2 Å². The number of aryl methyl sites for hydroxylation is 3. The van der Waals surface area contributed by atoms with E-state index < -0.39 is 0 Å². The minimum Gasteiger partial charge on any atom is -0.383 e. The third-order valence-corrected chi connectivity index (χ3v) is 6.93. The first-order chi connectivity index (χ1) is 16.3. The van der Waals surface area contributed by atoms with Gasteiger partial charge in [0.2, 0.25) is 0 Å². The van der Waals surface area contributed by atoms with E-state index >= 15 is 0 Å². The van der Waals surface area contributed by atoms with Crippen LogP contribution in [0.2, 0.25) is 0 Å². The van der Waals surface area contributed by atoms with Crippen LogP contribution in [-0.2, 0) is 11.3 Å². The van der Waals surface area contributed by atoms with Gasteiger partial charge >= 0.3 is 0 Å². The number of H-pyrrole nitrogens is 1. The molecule has 34 heavy (non-hydrogen) atoms. The molecule has 1 aliphatic rings. The van der Waals surface area contributed by atoms with Gasteiger partial charge in [0.25, 0.3) is 5.91 Å². The van der Waals surface area contributed by atoms with Crippen LogP contribution >= 0.6 is 0 Å². The molecule has 0 spiro atoms. The predicted octanol–water partition coefficient (Wildman–Crippen LogP) is 4.49. The minimum absolute atomic E-state index is 0.0666. The van der Waals surface area contributed by atoms with Gasteiger partial charge in [0.05, 0.1) is 17.8 Å². The molecule has 7 heteroatoms. The van der Waals surface area contributed by atoms with Crippen molar-refractivity contribution in [3.05, 3.63) is 64.1 Å². The Morgan fingerprint density at radius 3 is 2.71 bits per heavy atom. The van der Waals surface area contributed by atoms with Crippen molar-refractivity contribution in [1.29, 1.82) is 0 Å². The van der Waals surface area contributed by atoms with Crippen LogP contribution in [0.1, 0.15) is 32.7 Å². The number of aromatic nitrogens is 1. The molecule has 1 amide bonds. The summed E-state index contributed by atoms with van der Waals surface area (Å²) in [5.74, 6) is 0.325. The number of fused-ring (bicyclic) bond motifs is 1. The number of aromatic amines is 1. The van der Waals surface area contributed by atoms with Crippen LogP contribution < -0.4 is 5.32 Å². The Kier molecular flexibility index (Phi) is 7.24. The Balaban J connectivity index is 1.51. The second-order valence-corrected chi connectivity index (χ2v) is 9.58. The molecule has 0 saturated carbocycles. The second kappa shape index (κ2) is 10.2. The van der Waals surface area contributed by atoms with E-state index in [1.807, 2.05) is 30.9 Å². The third-order valence-electron chi connectivity index (χ3n) is 6.93. The lowest BCUT2D eigenvalue weighted by Gasteiger charge is -2.41. The first-order valence-corrected chi connectivity index (χ1v) is 11.9. The van der Waals surface area contributed by atoms with Gasteiger partial charge in [0.1, 0.15) is 5.82 Å². The van der Waals surface area contributed by atoms with Crippen LogP contribution in [0, 0.1) is 32.5 Å². The second-order valence-electron chi connectivity index (χ2n) is 9.58. The summed E-state index contributed by atoms with van der Waals surface area (Å²) in [5.41, 5.74) is 6.73. The molecule has 3 aromatic rings. The normalized spacial score (nSPS) is 14.1. The van der Waals surface area contributed by atoms with Crippen molar-refractivity contribution in [2.24, 2.45) is 5.92 Å². The topological polar surface area (TPSA) is 60.6 Å². The van der Waals surface area contributed by atoms with E-state index in [1.54, 1.807) is 19.2 Å². The number of halogens is 1. The average molecular weight is 467 g/mol. The molecule has 1 aliphatic heterocycles. The zero-order chi connectivity index (χ0) is 24.4. The lowest BCUT2D eigenvalue weighted by Crippen LogP contribution is -2.53. The van der Waals surface area contributed by atoms with Crippen LogP contribution in [0.4, 0.5) is 10.1 Å². The van der Waals surface area contributed by atoms with Gasteiger partial charge < -0.3 is 24.8 Å². The number of rotatable bonds is 9. The van der Waals surface area contributed by atoms with E-state index in [-0.39, 0.29) is 11.7 Å².